The van der Waals surface area contributed by atoms with Crippen LogP contribution in [0.25, 0.3) is 0 Å². The van der Waals surface area contributed by atoms with Crippen molar-refractivity contribution in [3.8, 4) is 0 Å². The zero-order valence-electron chi connectivity index (χ0n) is 6.31. The number of anilines is 1. The molecular weight excluding hydrogens is 274 g/mol. The highest BCUT2D eigenvalue weighted by molar-refractivity contribution is 6.49. The molecule has 4 nitrogen and oxygen atoms in total. The Kier molecular flexibility index (Phi) is 3.66. The second-order valence-corrected chi connectivity index (χ2v) is 3.60. The Morgan fingerprint density at radius 2 is 1.57 bits per heavy atom. The van der Waals surface area contributed by atoms with Gasteiger partial charge >= 0.3 is 6.09 Å². The Morgan fingerprint density at radius 1 is 1.14 bits per heavy atom. The average Bonchev–Trinajstić information content (AvgIpc) is 2.09. The minimum absolute atomic E-state index is 0.0779. The van der Waals surface area contributed by atoms with Crippen molar-refractivity contribution < 1.29 is 9.90 Å². The van der Waals surface area contributed by atoms with Crippen LogP contribution in [-0.2, 0) is 0 Å². The number of carbonyl (C=O) groups is 1. The van der Waals surface area contributed by atoms with Gasteiger partial charge in [0.1, 0.15) is 10.0 Å². The van der Waals surface area contributed by atoms with Crippen molar-refractivity contribution in [3.05, 3.63) is 20.4 Å². The van der Waals surface area contributed by atoms with E-state index in [2.05, 4.69) is 4.98 Å². The molecule has 1 amide bonds. The van der Waals surface area contributed by atoms with Crippen molar-refractivity contribution in [3.63, 3.8) is 0 Å². The molecule has 0 saturated carbocycles. The lowest BCUT2D eigenvalue weighted by Gasteiger charge is -2.08. The Bertz CT molecular complexity index is 370. The van der Waals surface area contributed by atoms with Gasteiger partial charge in [0.25, 0.3) is 0 Å². The normalized spacial score (nSPS) is 10.0. The van der Waals surface area contributed by atoms with Gasteiger partial charge in [-0.25, -0.2) is 9.78 Å². The van der Waals surface area contributed by atoms with Gasteiger partial charge in [0, 0.05) is 0 Å². The van der Waals surface area contributed by atoms with Gasteiger partial charge in [-0.3, -0.25) is 5.32 Å². The van der Waals surface area contributed by atoms with Gasteiger partial charge in [-0.1, -0.05) is 46.4 Å². The molecule has 0 spiro atoms. The van der Waals surface area contributed by atoms with E-state index in [1.165, 1.54) is 0 Å². The maximum absolute atomic E-state index is 10.4. The second-order valence-electron chi connectivity index (χ2n) is 2.13. The second kappa shape index (κ2) is 4.40. The maximum atomic E-state index is 10.4. The van der Waals surface area contributed by atoms with Gasteiger partial charge in [0.15, 0.2) is 10.3 Å². The summed E-state index contributed by atoms with van der Waals surface area (Å²) >= 11 is 22.4. The first-order chi connectivity index (χ1) is 6.43. The number of rotatable bonds is 1. The summed E-state index contributed by atoms with van der Waals surface area (Å²) < 4.78 is 0. The van der Waals surface area contributed by atoms with E-state index in [1.54, 1.807) is 0 Å². The van der Waals surface area contributed by atoms with Crippen LogP contribution in [0.15, 0.2) is 0 Å². The standard InChI is InChI=1S/C6H2Cl4N2O2/c7-1-3(11-6(13)14)2(8)5(10)12-4(1)9/h(H,11,12)(H,13,14). The van der Waals surface area contributed by atoms with Crippen LogP contribution >= 0.6 is 46.4 Å². The first kappa shape index (κ1) is 11.7. The van der Waals surface area contributed by atoms with Crippen molar-refractivity contribution in [2.75, 3.05) is 5.32 Å². The summed E-state index contributed by atoms with van der Waals surface area (Å²) in [6.45, 7) is 0. The number of hydrogen-bond acceptors (Lipinski definition) is 2. The fourth-order valence-electron chi connectivity index (χ4n) is 0.704. The molecule has 0 unspecified atom stereocenters. The van der Waals surface area contributed by atoms with Crippen LogP contribution in [0.4, 0.5) is 10.5 Å². The summed E-state index contributed by atoms with van der Waals surface area (Å²) in [5, 5.41) is 10.0. The van der Waals surface area contributed by atoms with Crippen LogP contribution in [0.2, 0.25) is 20.4 Å². The lowest BCUT2D eigenvalue weighted by atomic mass is 10.4. The fourth-order valence-corrected chi connectivity index (χ4v) is 1.52. The molecule has 0 aliphatic rings. The van der Waals surface area contributed by atoms with Crippen LogP contribution < -0.4 is 5.32 Å². The highest BCUT2D eigenvalue weighted by Crippen LogP contribution is 2.38. The SMILES string of the molecule is O=C(O)Nc1c(Cl)c(Cl)nc(Cl)c1Cl. The summed E-state index contributed by atoms with van der Waals surface area (Å²) in [6, 6.07) is 0. The monoisotopic (exact) mass is 274 g/mol. The highest BCUT2D eigenvalue weighted by atomic mass is 35.5. The van der Waals surface area contributed by atoms with Crippen LogP contribution in [0.3, 0.4) is 0 Å². The number of nitrogens with zero attached hydrogens (tertiary/aromatic N) is 1. The first-order valence-corrected chi connectivity index (χ1v) is 4.64. The molecule has 14 heavy (non-hydrogen) atoms. The van der Waals surface area contributed by atoms with E-state index >= 15 is 0 Å². The number of hydrogen-bond donors (Lipinski definition) is 2. The summed E-state index contributed by atoms with van der Waals surface area (Å²) in [6.07, 6.45) is -1.33. The van der Waals surface area contributed by atoms with Gasteiger partial charge in [0.2, 0.25) is 0 Å². The van der Waals surface area contributed by atoms with E-state index in [0.717, 1.165) is 0 Å². The van der Waals surface area contributed by atoms with Crippen LogP contribution in [0.1, 0.15) is 0 Å². The van der Waals surface area contributed by atoms with Crippen LogP contribution in [0.5, 0.6) is 0 Å². The summed E-state index contributed by atoms with van der Waals surface area (Å²) in [5.41, 5.74) is -0.0779. The molecule has 0 aromatic carbocycles. The molecule has 1 heterocycles. The summed E-state index contributed by atoms with van der Waals surface area (Å²) in [4.78, 5) is 13.9. The Labute approximate surface area is 98.7 Å². The number of carboxylic acid groups (broad SMARTS) is 1. The summed E-state index contributed by atoms with van der Waals surface area (Å²) in [7, 11) is 0. The smallest absolute Gasteiger partial charge is 0.409 e. The lowest BCUT2D eigenvalue weighted by Crippen LogP contribution is -2.08. The molecule has 1 aromatic heterocycles. The molecule has 0 aliphatic carbocycles. The third-order valence-electron chi connectivity index (χ3n) is 1.23. The average molecular weight is 276 g/mol. The van der Waals surface area contributed by atoms with Gasteiger partial charge in [-0.05, 0) is 0 Å². The number of aromatic nitrogens is 1. The Morgan fingerprint density at radius 3 is 1.93 bits per heavy atom. The van der Waals surface area contributed by atoms with Crippen molar-refractivity contribution in [2.45, 2.75) is 0 Å². The molecule has 0 fully saturated rings. The van der Waals surface area contributed by atoms with Crippen LogP contribution in [0, 0.1) is 0 Å². The number of pyridine rings is 1. The predicted molar refractivity (Wildman–Crippen MR) is 55.9 cm³/mol. The quantitative estimate of drug-likeness (QED) is 0.767. The fraction of sp³-hybridized carbons (Fsp3) is 0. The molecule has 1 rings (SSSR count). The molecule has 0 atom stereocenters. The molecule has 0 saturated heterocycles. The largest absolute Gasteiger partial charge is 0.465 e. The minimum Gasteiger partial charge on any atom is -0.465 e. The van der Waals surface area contributed by atoms with Crippen LogP contribution in [-0.4, -0.2) is 16.2 Å². The zero-order chi connectivity index (χ0) is 10.9. The topological polar surface area (TPSA) is 62.2 Å². The van der Waals surface area contributed by atoms with E-state index in [0.29, 0.717) is 0 Å². The lowest BCUT2D eigenvalue weighted by molar-refractivity contribution is 0.210. The van der Waals surface area contributed by atoms with Crippen molar-refractivity contribution in [1.82, 2.24) is 4.98 Å². The van der Waals surface area contributed by atoms with Crippen molar-refractivity contribution in [2.24, 2.45) is 0 Å². The minimum atomic E-state index is -1.33. The van der Waals surface area contributed by atoms with Gasteiger partial charge < -0.3 is 5.11 Å². The summed E-state index contributed by atoms with van der Waals surface area (Å²) in [5.74, 6) is 0. The molecule has 0 radical (unpaired) electrons. The van der Waals surface area contributed by atoms with E-state index in [1.807, 2.05) is 5.32 Å². The highest BCUT2D eigenvalue weighted by Gasteiger charge is 2.16. The van der Waals surface area contributed by atoms with E-state index in [4.69, 9.17) is 51.5 Å². The zero-order valence-corrected chi connectivity index (χ0v) is 9.34. The van der Waals surface area contributed by atoms with Crippen molar-refractivity contribution in [1.29, 1.82) is 0 Å². The molecule has 8 heteroatoms. The van der Waals surface area contributed by atoms with E-state index in [-0.39, 0.29) is 26.0 Å². The van der Waals surface area contributed by atoms with Gasteiger partial charge in [0.05, 0.1) is 5.69 Å². The molecule has 0 bridgehead atoms. The predicted octanol–water partition coefficient (Wildman–Crippen LogP) is 3.79. The number of nitrogens with one attached hydrogen (secondary N) is 1. The first-order valence-electron chi connectivity index (χ1n) is 3.13. The molecule has 76 valence electrons. The Hall–Kier alpha value is -0.420. The van der Waals surface area contributed by atoms with E-state index < -0.39 is 6.09 Å². The molecular formula is C6H2Cl4N2O2. The van der Waals surface area contributed by atoms with Gasteiger partial charge in [-0.2, -0.15) is 0 Å². The Balaban J connectivity index is 3.31. The molecule has 1 aromatic rings. The number of amides is 1. The van der Waals surface area contributed by atoms with E-state index in [9.17, 15) is 4.79 Å². The van der Waals surface area contributed by atoms with Crippen molar-refractivity contribution >= 4 is 58.2 Å². The van der Waals surface area contributed by atoms with Gasteiger partial charge in [-0.15, -0.1) is 0 Å². The number of halogens is 4. The third kappa shape index (κ3) is 2.33. The molecule has 0 aliphatic heterocycles. The third-order valence-corrected chi connectivity index (χ3v) is 2.71. The maximum Gasteiger partial charge on any atom is 0.409 e. The molecule has 2 N–H and O–H groups in total.